The molecule has 0 spiro atoms. The fourth-order valence-corrected chi connectivity index (χ4v) is 2.14. The van der Waals surface area contributed by atoms with Gasteiger partial charge >= 0.3 is 0 Å². The van der Waals surface area contributed by atoms with Crippen LogP contribution in [0.25, 0.3) is 0 Å². The van der Waals surface area contributed by atoms with Crippen LogP contribution in [-0.2, 0) is 6.42 Å². The van der Waals surface area contributed by atoms with Gasteiger partial charge in [0.2, 0.25) is 0 Å². The minimum absolute atomic E-state index is 0.776. The van der Waals surface area contributed by atoms with Crippen molar-refractivity contribution in [3.8, 4) is 0 Å². The molecule has 0 saturated heterocycles. The lowest BCUT2D eigenvalue weighted by Gasteiger charge is -2.20. The summed E-state index contributed by atoms with van der Waals surface area (Å²) in [7, 11) is 0. The van der Waals surface area contributed by atoms with Gasteiger partial charge in [-0.3, -0.25) is 0 Å². The minimum Gasteiger partial charge on any atom is -0.329 e. The average molecular weight is 234 g/mol. The van der Waals surface area contributed by atoms with Crippen molar-refractivity contribution in [1.82, 2.24) is 4.90 Å². The highest BCUT2D eigenvalue weighted by Gasteiger charge is 2.01. The quantitative estimate of drug-likeness (QED) is 0.666. The highest BCUT2D eigenvalue weighted by Crippen LogP contribution is 2.05. The Labute approximate surface area is 106 Å². The smallest absolute Gasteiger partial charge is 0.0105 e. The van der Waals surface area contributed by atoms with Crippen LogP contribution < -0.4 is 5.73 Å². The van der Waals surface area contributed by atoms with Gasteiger partial charge in [0.05, 0.1) is 0 Å². The molecule has 0 aromatic heterocycles. The van der Waals surface area contributed by atoms with E-state index in [2.05, 4.69) is 42.2 Å². The molecule has 2 heteroatoms. The molecule has 0 saturated carbocycles. The molecule has 1 aromatic carbocycles. The molecule has 0 bridgehead atoms. The van der Waals surface area contributed by atoms with Crippen molar-refractivity contribution in [2.45, 2.75) is 32.6 Å². The van der Waals surface area contributed by atoms with E-state index in [9.17, 15) is 0 Å². The zero-order chi connectivity index (χ0) is 12.3. The Bertz CT molecular complexity index is 266. The van der Waals surface area contributed by atoms with Gasteiger partial charge in [-0.1, -0.05) is 37.3 Å². The van der Waals surface area contributed by atoms with Crippen LogP contribution in [0.2, 0.25) is 0 Å². The number of benzene rings is 1. The molecule has 0 amide bonds. The van der Waals surface area contributed by atoms with E-state index >= 15 is 0 Å². The van der Waals surface area contributed by atoms with Crippen molar-refractivity contribution < 1.29 is 0 Å². The Balaban J connectivity index is 2.13. The molecule has 0 atom stereocenters. The third-order valence-corrected chi connectivity index (χ3v) is 3.02. The van der Waals surface area contributed by atoms with Crippen molar-refractivity contribution in [2.75, 3.05) is 26.2 Å². The first-order valence-electron chi connectivity index (χ1n) is 6.83. The van der Waals surface area contributed by atoms with Gasteiger partial charge in [0.25, 0.3) is 0 Å². The summed E-state index contributed by atoms with van der Waals surface area (Å²) in [5, 5.41) is 0. The van der Waals surface area contributed by atoms with Crippen molar-refractivity contribution in [3.63, 3.8) is 0 Å². The number of unbranched alkanes of at least 4 members (excludes halogenated alkanes) is 1. The van der Waals surface area contributed by atoms with Crippen LogP contribution in [0.4, 0.5) is 0 Å². The van der Waals surface area contributed by atoms with E-state index in [1.807, 2.05) is 0 Å². The molecule has 0 aliphatic carbocycles. The van der Waals surface area contributed by atoms with Crippen LogP contribution in [0.3, 0.4) is 0 Å². The summed E-state index contributed by atoms with van der Waals surface area (Å²) >= 11 is 0. The van der Waals surface area contributed by atoms with Crippen LogP contribution >= 0.6 is 0 Å². The fourth-order valence-electron chi connectivity index (χ4n) is 2.14. The van der Waals surface area contributed by atoms with Gasteiger partial charge in [0, 0.05) is 13.1 Å². The Morgan fingerprint density at radius 3 is 2.41 bits per heavy atom. The zero-order valence-electron chi connectivity index (χ0n) is 11.1. The summed E-state index contributed by atoms with van der Waals surface area (Å²) in [5.41, 5.74) is 7.07. The van der Waals surface area contributed by atoms with E-state index in [4.69, 9.17) is 5.73 Å². The molecule has 0 aliphatic rings. The van der Waals surface area contributed by atoms with E-state index in [-0.39, 0.29) is 0 Å². The highest BCUT2D eigenvalue weighted by molar-refractivity contribution is 5.14. The molecule has 0 radical (unpaired) electrons. The van der Waals surface area contributed by atoms with E-state index in [1.165, 1.54) is 44.3 Å². The van der Waals surface area contributed by atoms with E-state index in [0.29, 0.717) is 0 Å². The lowest BCUT2D eigenvalue weighted by Crippen LogP contribution is -2.31. The third kappa shape index (κ3) is 6.44. The second-order valence-corrected chi connectivity index (χ2v) is 4.57. The fraction of sp³-hybridized carbons (Fsp3) is 0.600. The first kappa shape index (κ1) is 14.2. The Morgan fingerprint density at radius 1 is 1.00 bits per heavy atom. The van der Waals surface area contributed by atoms with Gasteiger partial charge in [-0.15, -0.1) is 0 Å². The lowest BCUT2D eigenvalue weighted by atomic mass is 10.1. The first-order valence-corrected chi connectivity index (χ1v) is 6.83. The second-order valence-electron chi connectivity index (χ2n) is 4.57. The van der Waals surface area contributed by atoms with Crippen LogP contribution in [0, 0.1) is 0 Å². The van der Waals surface area contributed by atoms with E-state index in [1.54, 1.807) is 0 Å². The van der Waals surface area contributed by atoms with Crippen molar-refractivity contribution in [2.24, 2.45) is 5.73 Å². The third-order valence-electron chi connectivity index (χ3n) is 3.02. The Hall–Kier alpha value is -0.860. The predicted octanol–water partition coefficient (Wildman–Crippen LogP) is 2.68. The van der Waals surface area contributed by atoms with Crippen molar-refractivity contribution in [3.05, 3.63) is 35.9 Å². The van der Waals surface area contributed by atoms with Crippen LogP contribution in [0.15, 0.2) is 30.3 Å². The van der Waals surface area contributed by atoms with Gasteiger partial charge in [0.15, 0.2) is 0 Å². The summed E-state index contributed by atoms with van der Waals surface area (Å²) in [6.45, 7) is 6.42. The number of rotatable bonds is 9. The predicted molar refractivity (Wildman–Crippen MR) is 75.2 cm³/mol. The molecule has 1 rings (SSSR count). The molecule has 2 nitrogen and oxygen atoms in total. The van der Waals surface area contributed by atoms with E-state index in [0.717, 1.165) is 13.1 Å². The number of nitrogens with two attached hydrogens (primary N) is 1. The maximum absolute atomic E-state index is 5.61. The first-order chi connectivity index (χ1) is 8.36. The number of hydrogen-bond acceptors (Lipinski definition) is 2. The molecular formula is C15H26N2. The summed E-state index contributed by atoms with van der Waals surface area (Å²) in [4.78, 5) is 2.48. The van der Waals surface area contributed by atoms with Gasteiger partial charge < -0.3 is 10.6 Å². The maximum Gasteiger partial charge on any atom is 0.0105 e. The van der Waals surface area contributed by atoms with E-state index < -0.39 is 0 Å². The molecule has 17 heavy (non-hydrogen) atoms. The Morgan fingerprint density at radius 2 is 1.76 bits per heavy atom. The number of nitrogens with zero attached hydrogens (tertiary/aromatic N) is 1. The van der Waals surface area contributed by atoms with Gasteiger partial charge in [0.1, 0.15) is 0 Å². The largest absolute Gasteiger partial charge is 0.329 e. The summed E-state index contributed by atoms with van der Waals surface area (Å²) < 4.78 is 0. The topological polar surface area (TPSA) is 29.3 Å². The second kappa shape index (κ2) is 9.20. The molecule has 1 aromatic rings. The van der Waals surface area contributed by atoms with Crippen molar-refractivity contribution >= 4 is 0 Å². The molecule has 0 fully saturated rings. The molecule has 0 aliphatic heterocycles. The minimum atomic E-state index is 0.776. The normalized spacial score (nSPS) is 11.0. The van der Waals surface area contributed by atoms with Crippen LogP contribution in [0.5, 0.6) is 0 Å². The van der Waals surface area contributed by atoms with Gasteiger partial charge in [-0.2, -0.15) is 0 Å². The standard InChI is InChI=1S/C15H26N2/c1-2-12-17(14-11-16)13-7-6-10-15-8-4-3-5-9-15/h3-5,8-9H,2,6-7,10-14,16H2,1H3. The number of aryl methyl sites for hydroxylation is 1. The summed E-state index contributed by atoms with van der Waals surface area (Å²) in [6, 6.07) is 10.7. The summed E-state index contributed by atoms with van der Waals surface area (Å²) in [5.74, 6) is 0. The SMILES string of the molecule is CCCN(CCN)CCCCc1ccccc1. The molecule has 96 valence electrons. The molecule has 0 unspecified atom stereocenters. The number of hydrogen-bond donors (Lipinski definition) is 1. The highest BCUT2D eigenvalue weighted by atomic mass is 15.1. The van der Waals surface area contributed by atoms with Crippen LogP contribution in [0.1, 0.15) is 31.7 Å². The van der Waals surface area contributed by atoms with Gasteiger partial charge in [-0.05, 0) is 44.3 Å². The average Bonchev–Trinajstić information content (AvgIpc) is 2.36. The molecule has 0 heterocycles. The molecule has 2 N–H and O–H groups in total. The van der Waals surface area contributed by atoms with Crippen LogP contribution in [-0.4, -0.2) is 31.1 Å². The zero-order valence-corrected chi connectivity index (χ0v) is 11.1. The van der Waals surface area contributed by atoms with Crippen molar-refractivity contribution in [1.29, 1.82) is 0 Å². The summed E-state index contributed by atoms with van der Waals surface area (Å²) in [6.07, 6.45) is 4.96. The molecular weight excluding hydrogens is 208 g/mol. The monoisotopic (exact) mass is 234 g/mol. The lowest BCUT2D eigenvalue weighted by molar-refractivity contribution is 0.276. The Kier molecular flexibility index (Phi) is 7.69. The van der Waals surface area contributed by atoms with Gasteiger partial charge in [-0.25, -0.2) is 0 Å². The maximum atomic E-state index is 5.61.